The molecule has 0 aromatic carbocycles. The van der Waals surface area contributed by atoms with Crippen molar-refractivity contribution in [2.45, 2.75) is 12.8 Å². The van der Waals surface area contributed by atoms with E-state index in [1.54, 1.807) is 21.6 Å². The van der Waals surface area contributed by atoms with Gasteiger partial charge in [0, 0.05) is 11.5 Å². The van der Waals surface area contributed by atoms with Crippen molar-refractivity contribution < 1.29 is 14.4 Å². The monoisotopic (exact) mass is 320 g/mol. The van der Waals surface area contributed by atoms with Gasteiger partial charge in [-0.25, -0.2) is 0 Å². The van der Waals surface area contributed by atoms with E-state index in [1.165, 1.54) is 0 Å². The van der Waals surface area contributed by atoms with Crippen LogP contribution in [0.4, 0.5) is 0 Å². The van der Waals surface area contributed by atoms with Crippen LogP contribution in [-0.4, -0.2) is 50.1 Å². The lowest BCUT2D eigenvalue weighted by Crippen LogP contribution is -2.16. The zero-order chi connectivity index (χ0) is 12.7. The molecule has 2 aliphatic heterocycles. The molecular formula is C11H12O3S4. The lowest BCUT2D eigenvalue weighted by molar-refractivity contribution is -0.128. The predicted molar refractivity (Wildman–Crippen MR) is 84.1 cm³/mol. The molecule has 3 nitrogen and oxygen atoms in total. The summed E-state index contributed by atoms with van der Waals surface area (Å²) in [6, 6.07) is 0. The van der Waals surface area contributed by atoms with Crippen LogP contribution < -0.4 is 0 Å². The molecule has 0 spiro atoms. The van der Waals surface area contributed by atoms with Crippen molar-refractivity contribution in [3.05, 3.63) is 0 Å². The lowest BCUT2D eigenvalue weighted by atomic mass is 10.3. The second kappa shape index (κ2) is 5.26. The van der Waals surface area contributed by atoms with Gasteiger partial charge in [0.05, 0.1) is 0 Å². The molecule has 0 amide bonds. The van der Waals surface area contributed by atoms with Gasteiger partial charge in [-0.2, -0.15) is 0 Å². The highest BCUT2D eigenvalue weighted by atomic mass is 33.1. The highest BCUT2D eigenvalue weighted by molar-refractivity contribution is 8.86. The maximum Gasteiger partial charge on any atom is 0.244 e. The minimum absolute atomic E-state index is 0.208. The first-order chi connectivity index (χ1) is 8.70. The summed E-state index contributed by atoms with van der Waals surface area (Å²) in [7, 11) is 2.71. The Bertz CT molecular complexity index is 470. The summed E-state index contributed by atoms with van der Waals surface area (Å²) in [5, 5.41) is 0. The molecule has 0 aromatic rings. The molecule has 2 saturated heterocycles. The van der Waals surface area contributed by atoms with Gasteiger partial charge in [0.1, 0.15) is 9.73 Å². The van der Waals surface area contributed by atoms with Crippen LogP contribution in [0, 0.1) is 0 Å². The summed E-state index contributed by atoms with van der Waals surface area (Å²) >= 11 is 0. The number of rotatable bonds is 0. The minimum atomic E-state index is -0.493. The Hall–Kier alpha value is 0.150. The highest BCUT2D eigenvalue weighted by Gasteiger charge is 2.44. The summed E-state index contributed by atoms with van der Waals surface area (Å²) in [6.07, 6.45) is 2.09. The maximum atomic E-state index is 12.4. The van der Waals surface area contributed by atoms with E-state index in [9.17, 15) is 14.4 Å². The van der Waals surface area contributed by atoms with Crippen LogP contribution in [0.15, 0.2) is 0 Å². The fourth-order valence-corrected chi connectivity index (χ4v) is 11.3. The number of carbonyl (C=O) groups is 3. The smallest absolute Gasteiger partial charge is 0.244 e. The molecular weight excluding hydrogens is 308 g/mol. The van der Waals surface area contributed by atoms with Crippen molar-refractivity contribution >= 4 is 67.7 Å². The molecule has 0 radical (unpaired) electrons. The van der Waals surface area contributed by atoms with Crippen LogP contribution in [0.5, 0.6) is 0 Å². The second-order valence-electron chi connectivity index (χ2n) is 4.10. The topological polar surface area (TPSA) is 51.2 Å². The maximum absolute atomic E-state index is 12.4. The first-order valence-corrected chi connectivity index (χ1v) is 11.6. The molecule has 0 aromatic heterocycles. The molecule has 1 aliphatic carbocycles. The second-order valence-corrected chi connectivity index (χ2v) is 12.2. The molecule has 98 valence electrons. The van der Waals surface area contributed by atoms with E-state index in [0.717, 1.165) is 35.9 Å². The Morgan fingerprint density at radius 1 is 0.722 bits per heavy atom. The van der Waals surface area contributed by atoms with Crippen LogP contribution in [0.3, 0.4) is 0 Å². The van der Waals surface area contributed by atoms with E-state index < -0.39 is 11.6 Å². The van der Waals surface area contributed by atoms with E-state index in [4.69, 9.17) is 0 Å². The first-order valence-electron chi connectivity index (χ1n) is 5.76. The molecule has 3 aliphatic rings. The Labute approximate surface area is 117 Å². The summed E-state index contributed by atoms with van der Waals surface area (Å²) in [5.41, 5.74) is 0. The third-order valence-corrected chi connectivity index (χ3v) is 12.0. The van der Waals surface area contributed by atoms with Gasteiger partial charge in [-0.05, 0) is 24.3 Å². The Morgan fingerprint density at radius 3 is 1.50 bits per heavy atom. The average Bonchev–Trinajstić information content (AvgIpc) is 3.03. The quantitative estimate of drug-likeness (QED) is 0.386. The van der Waals surface area contributed by atoms with Gasteiger partial charge in [-0.15, -0.1) is 19.0 Å². The number of carbonyl (C=O) groups excluding carboxylic acids is 3. The van der Waals surface area contributed by atoms with Crippen LogP contribution in [-0.2, 0) is 14.4 Å². The van der Waals surface area contributed by atoms with E-state index in [-0.39, 0.29) is 24.8 Å². The summed E-state index contributed by atoms with van der Waals surface area (Å²) in [6.45, 7) is 0. The van der Waals surface area contributed by atoms with E-state index >= 15 is 0 Å². The molecule has 2 heterocycles. The largest absolute Gasteiger partial charge is 0.287 e. The van der Waals surface area contributed by atoms with Crippen molar-refractivity contribution in [1.29, 1.82) is 0 Å². The van der Waals surface area contributed by atoms with Gasteiger partial charge < -0.3 is 0 Å². The van der Waals surface area contributed by atoms with Crippen LogP contribution in [0.1, 0.15) is 12.8 Å². The predicted octanol–water partition coefficient (Wildman–Crippen LogP) is 1.69. The number of hydrogen-bond acceptors (Lipinski definition) is 5. The summed E-state index contributed by atoms with van der Waals surface area (Å²) in [5.74, 6) is 2.58. The lowest BCUT2D eigenvalue weighted by Gasteiger charge is -2.01. The van der Waals surface area contributed by atoms with Crippen molar-refractivity contribution in [2.24, 2.45) is 0 Å². The zero-order valence-corrected chi connectivity index (χ0v) is 12.9. The summed E-state index contributed by atoms with van der Waals surface area (Å²) in [4.78, 5) is 37.1. The van der Waals surface area contributed by atoms with E-state index in [1.807, 2.05) is 0 Å². The van der Waals surface area contributed by atoms with E-state index in [0.29, 0.717) is 9.73 Å². The fourth-order valence-electron chi connectivity index (χ4n) is 2.07. The fraction of sp³-hybridized carbons (Fsp3) is 0.545. The molecule has 2 atom stereocenters. The van der Waals surface area contributed by atoms with Crippen molar-refractivity contribution in [3.63, 3.8) is 0 Å². The third kappa shape index (κ3) is 2.09. The summed E-state index contributed by atoms with van der Waals surface area (Å²) < 4.78 is 0. The number of hydrogen-bond donors (Lipinski definition) is 0. The van der Waals surface area contributed by atoms with E-state index in [2.05, 4.69) is 0 Å². The molecule has 2 unspecified atom stereocenters. The Kier molecular flexibility index (Phi) is 3.85. The van der Waals surface area contributed by atoms with Crippen molar-refractivity contribution in [1.82, 2.24) is 0 Å². The minimum Gasteiger partial charge on any atom is -0.287 e. The number of Topliss-reactive ketones (excluding diaryl/α,β-unsaturated/α-hetero) is 3. The van der Waals surface area contributed by atoms with Gasteiger partial charge in [0.25, 0.3) is 0 Å². The van der Waals surface area contributed by atoms with Gasteiger partial charge in [0.2, 0.25) is 17.3 Å². The Balaban J connectivity index is 2.09. The number of ketones is 3. The average molecular weight is 320 g/mol. The molecule has 7 heteroatoms. The van der Waals surface area contributed by atoms with Crippen LogP contribution in [0.25, 0.3) is 0 Å². The van der Waals surface area contributed by atoms with Gasteiger partial charge in [0.15, 0.2) is 0 Å². The molecule has 3 rings (SSSR count). The first kappa shape index (κ1) is 13.1. The van der Waals surface area contributed by atoms with Crippen LogP contribution in [0.2, 0.25) is 0 Å². The van der Waals surface area contributed by atoms with Crippen molar-refractivity contribution in [2.75, 3.05) is 23.0 Å². The molecule has 0 bridgehead atoms. The van der Waals surface area contributed by atoms with Gasteiger partial charge in [-0.3, -0.25) is 14.4 Å². The standard InChI is InChI=1S/C11H12O3S4/c12-7-8(13)11(18-6-2-4-16-18)9(14)10(7)17-5-1-3-15-17/h1-6H2. The highest BCUT2D eigenvalue weighted by Crippen LogP contribution is 2.44. The molecule has 18 heavy (non-hydrogen) atoms. The third-order valence-electron chi connectivity index (χ3n) is 2.89. The zero-order valence-electron chi connectivity index (χ0n) is 9.60. The normalized spacial score (nSPS) is 37.0. The molecule has 3 fully saturated rings. The van der Waals surface area contributed by atoms with Gasteiger partial charge >= 0.3 is 0 Å². The molecule has 1 saturated carbocycles. The van der Waals surface area contributed by atoms with Crippen LogP contribution >= 0.6 is 40.6 Å². The van der Waals surface area contributed by atoms with Gasteiger partial charge in [-0.1, -0.05) is 21.6 Å². The Morgan fingerprint density at radius 2 is 1.17 bits per heavy atom. The molecule has 0 N–H and O–H groups in total. The van der Waals surface area contributed by atoms with Crippen molar-refractivity contribution in [3.8, 4) is 0 Å². The SMILES string of the molecule is O=C1C(=O)/C(=S2/CCCS2)C(=O)/C1=S1/CCCS1.